The van der Waals surface area contributed by atoms with Gasteiger partial charge in [0.1, 0.15) is 6.17 Å². The Morgan fingerprint density at radius 3 is 2.54 bits per heavy atom. The third-order valence-corrected chi connectivity index (χ3v) is 4.52. The smallest absolute Gasteiger partial charge is 0.253 e. The highest BCUT2D eigenvalue weighted by Gasteiger charge is 2.34. The van der Waals surface area contributed by atoms with Gasteiger partial charge in [-0.3, -0.25) is 15.1 Å². The summed E-state index contributed by atoms with van der Waals surface area (Å²) in [5.41, 5.74) is 1.43. The summed E-state index contributed by atoms with van der Waals surface area (Å²) < 4.78 is -1.72. The summed E-state index contributed by atoms with van der Waals surface area (Å²) in [5, 5.41) is 7.63. The zero-order valence-corrected chi connectivity index (χ0v) is 15.9. The van der Waals surface area contributed by atoms with E-state index in [1.165, 1.54) is 0 Å². The number of rotatable bonds is 5. The third kappa shape index (κ3) is 4.65. The molecule has 26 heavy (non-hydrogen) atoms. The molecular formula is C19H16Cl3N3O. The van der Waals surface area contributed by atoms with Crippen molar-refractivity contribution >= 4 is 51.5 Å². The van der Waals surface area contributed by atoms with Gasteiger partial charge >= 0.3 is 0 Å². The molecule has 2 N–H and O–H groups in total. The van der Waals surface area contributed by atoms with Crippen LogP contribution in [0.25, 0.3) is 10.8 Å². The number of hydrogen-bond donors (Lipinski definition) is 2. The van der Waals surface area contributed by atoms with E-state index >= 15 is 0 Å². The lowest BCUT2D eigenvalue weighted by molar-refractivity contribution is 0.0931. The lowest BCUT2D eigenvalue weighted by Gasteiger charge is -2.27. The van der Waals surface area contributed by atoms with Gasteiger partial charge in [-0.15, -0.1) is 0 Å². The Kier molecular flexibility index (Phi) is 5.99. The Morgan fingerprint density at radius 2 is 1.81 bits per heavy atom. The maximum absolute atomic E-state index is 12.8. The van der Waals surface area contributed by atoms with E-state index in [9.17, 15) is 4.79 Å². The molecule has 7 heteroatoms. The fourth-order valence-corrected chi connectivity index (χ4v) is 3.00. The first kappa shape index (κ1) is 18.9. The first-order valence-electron chi connectivity index (χ1n) is 7.93. The maximum Gasteiger partial charge on any atom is 0.253 e. The van der Waals surface area contributed by atoms with Gasteiger partial charge in [-0.1, -0.05) is 77.3 Å². The zero-order chi connectivity index (χ0) is 18.6. The minimum Gasteiger partial charge on any atom is -0.333 e. The van der Waals surface area contributed by atoms with Crippen molar-refractivity contribution in [2.24, 2.45) is 0 Å². The number of amides is 1. The molecule has 4 nitrogen and oxygen atoms in total. The van der Waals surface area contributed by atoms with Crippen LogP contribution in [0, 0.1) is 0 Å². The number of carbonyl (C=O) groups excluding carboxylic acids is 1. The van der Waals surface area contributed by atoms with E-state index in [0.717, 1.165) is 16.3 Å². The van der Waals surface area contributed by atoms with Crippen LogP contribution in [0.5, 0.6) is 0 Å². The Labute approximate surface area is 166 Å². The number of nitrogens with one attached hydrogen (secondary N) is 2. The van der Waals surface area contributed by atoms with Gasteiger partial charge in [-0.05, 0) is 28.5 Å². The van der Waals surface area contributed by atoms with E-state index in [2.05, 4.69) is 15.6 Å². The highest BCUT2D eigenvalue weighted by molar-refractivity contribution is 6.68. The zero-order valence-electron chi connectivity index (χ0n) is 13.6. The van der Waals surface area contributed by atoms with Gasteiger partial charge in [-0.25, -0.2) is 0 Å². The van der Waals surface area contributed by atoms with Gasteiger partial charge in [0.05, 0.1) is 0 Å². The van der Waals surface area contributed by atoms with Crippen LogP contribution in [0.15, 0.2) is 67.0 Å². The number of pyridine rings is 1. The molecule has 0 radical (unpaired) electrons. The second-order valence-corrected chi connectivity index (χ2v) is 8.09. The number of fused-ring (bicyclic) bond motifs is 1. The molecule has 0 aliphatic rings. The van der Waals surface area contributed by atoms with E-state index in [1.807, 2.05) is 48.5 Å². The molecule has 1 amide bonds. The van der Waals surface area contributed by atoms with Crippen LogP contribution in [0.3, 0.4) is 0 Å². The van der Waals surface area contributed by atoms with Gasteiger partial charge < -0.3 is 5.32 Å². The molecule has 2 aromatic carbocycles. The molecule has 1 heterocycles. The first-order chi connectivity index (χ1) is 12.4. The summed E-state index contributed by atoms with van der Waals surface area (Å²) in [6.45, 7) is 0.391. The van der Waals surface area contributed by atoms with Crippen LogP contribution in [0.2, 0.25) is 0 Å². The number of halogens is 3. The lowest BCUT2D eigenvalue weighted by Crippen LogP contribution is -2.53. The summed E-state index contributed by atoms with van der Waals surface area (Å²) in [7, 11) is 0. The van der Waals surface area contributed by atoms with Crippen molar-refractivity contribution in [3.8, 4) is 0 Å². The van der Waals surface area contributed by atoms with Crippen molar-refractivity contribution in [3.63, 3.8) is 0 Å². The Hall–Kier alpha value is -1.85. The van der Waals surface area contributed by atoms with Gasteiger partial charge in [0.2, 0.25) is 3.79 Å². The van der Waals surface area contributed by atoms with Crippen molar-refractivity contribution < 1.29 is 4.79 Å². The molecule has 0 spiro atoms. The normalized spacial score (nSPS) is 12.7. The maximum atomic E-state index is 12.8. The monoisotopic (exact) mass is 407 g/mol. The van der Waals surface area contributed by atoms with Crippen molar-refractivity contribution in [1.29, 1.82) is 0 Å². The van der Waals surface area contributed by atoms with Crippen molar-refractivity contribution in [1.82, 2.24) is 15.6 Å². The number of carbonyl (C=O) groups is 1. The molecular weight excluding hydrogens is 393 g/mol. The number of alkyl halides is 3. The van der Waals surface area contributed by atoms with Crippen LogP contribution in [-0.2, 0) is 6.54 Å². The standard InChI is InChI=1S/C19H16Cl3N3O/c20-19(21,22)18(24-12-13-5-4-10-23-11-13)25-17(26)16-9-3-7-14-6-1-2-8-15(14)16/h1-11,18,24H,12H2,(H,25,26)/t18-/m0/s1. The van der Waals surface area contributed by atoms with Crippen LogP contribution >= 0.6 is 34.8 Å². The number of hydrogen-bond acceptors (Lipinski definition) is 3. The molecule has 0 bridgehead atoms. The Balaban J connectivity index is 1.79. The Bertz CT molecular complexity index is 892. The summed E-state index contributed by atoms with van der Waals surface area (Å²) in [6.07, 6.45) is 2.51. The molecule has 1 atom stereocenters. The van der Waals surface area contributed by atoms with Crippen molar-refractivity contribution in [3.05, 3.63) is 78.1 Å². The highest BCUT2D eigenvalue weighted by Crippen LogP contribution is 2.30. The predicted octanol–water partition coefficient (Wildman–Crippen LogP) is 4.45. The molecule has 1 aromatic heterocycles. The second kappa shape index (κ2) is 8.23. The van der Waals surface area contributed by atoms with Gasteiger partial charge in [0.25, 0.3) is 5.91 Å². The minimum absolute atomic E-state index is 0.322. The molecule has 0 fully saturated rings. The van der Waals surface area contributed by atoms with Gasteiger partial charge in [-0.2, -0.15) is 0 Å². The largest absolute Gasteiger partial charge is 0.333 e. The Morgan fingerprint density at radius 1 is 1.04 bits per heavy atom. The number of nitrogens with zero attached hydrogens (tertiary/aromatic N) is 1. The molecule has 0 saturated heterocycles. The van der Waals surface area contributed by atoms with Crippen molar-refractivity contribution in [2.75, 3.05) is 0 Å². The van der Waals surface area contributed by atoms with Crippen LogP contribution < -0.4 is 10.6 Å². The van der Waals surface area contributed by atoms with E-state index < -0.39 is 9.96 Å². The molecule has 134 valence electrons. The number of benzene rings is 2. The van der Waals surface area contributed by atoms with Crippen molar-refractivity contribution in [2.45, 2.75) is 16.5 Å². The van der Waals surface area contributed by atoms with Gasteiger partial charge in [0, 0.05) is 24.5 Å². The molecule has 0 aliphatic carbocycles. The average Bonchev–Trinajstić information content (AvgIpc) is 2.64. The molecule has 3 aromatic rings. The summed E-state index contributed by atoms with van der Waals surface area (Å²) in [4.78, 5) is 16.8. The molecule has 0 unspecified atom stereocenters. The minimum atomic E-state index is -1.72. The summed E-state index contributed by atoms with van der Waals surface area (Å²) in [6, 6.07) is 16.8. The summed E-state index contributed by atoms with van der Waals surface area (Å²) in [5.74, 6) is -0.322. The first-order valence-corrected chi connectivity index (χ1v) is 9.06. The van der Waals surface area contributed by atoms with E-state index in [-0.39, 0.29) is 5.91 Å². The quantitative estimate of drug-likeness (QED) is 0.484. The SMILES string of the molecule is O=C(N[C@H](NCc1cccnc1)C(Cl)(Cl)Cl)c1cccc2ccccc12. The molecule has 0 saturated carbocycles. The second-order valence-electron chi connectivity index (χ2n) is 5.72. The predicted molar refractivity (Wildman–Crippen MR) is 107 cm³/mol. The molecule has 3 rings (SSSR count). The van der Waals surface area contributed by atoms with Crippen LogP contribution in [-0.4, -0.2) is 20.8 Å². The average molecular weight is 409 g/mol. The molecule has 0 aliphatic heterocycles. The third-order valence-electron chi connectivity index (χ3n) is 3.87. The summed E-state index contributed by atoms with van der Waals surface area (Å²) >= 11 is 18.2. The number of aromatic nitrogens is 1. The van der Waals surface area contributed by atoms with E-state index in [1.54, 1.807) is 18.5 Å². The topological polar surface area (TPSA) is 54.0 Å². The van der Waals surface area contributed by atoms with Crippen LogP contribution in [0.1, 0.15) is 15.9 Å². The fraction of sp³-hybridized carbons (Fsp3) is 0.158. The van der Waals surface area contributed by atoms with E-state index in [0.29, 0.717) is 12.1 Å². The highest BCUT2D eigenvalue weighted by atomic mass is 35.6. The van der Waals surface area contributed by atoms with E-state index in [4.69, 9.17) is 34.8 Å². The van der Waals surface area contributed by atoms with Crippen LogP contribution in [0.4, 0.5) is 0 Å². The lowest BCUT2D eigenvalue weighted by atomic mass is 10.0. The van der Waals surface area contributed by atoms with Gasteiger partial charge in [0.15, 0.2) is 0 Å². The fourth-order valence-electron chi connectivity index (χ4n) is 2.60.